The Morgan fingerprint density at radius 2 is 2.11 bits per heavy atom. The molecule has 2 aromatic rings. The Kier molecular flexibility index (Phi) is 4.97. The maximum atomic E-state index is 13.4. The number of carbonyl (C=O) groups is 1. The van der Waals surface area contributed by atoms with Crippen molar-refractivity contribution in [1.82, 2.24) is 30.5 Å². The third kappa shape index (κ3) is 3.15. The van der Waals surface area contributed by atoms with E-state index in [1.54, 1.807) is 4.68 Å². The molecule has 0 aliphatic carbocycles. The van der Waals surface area contributed by atoms with Gasteiger partial charge in [0.25, 0.3) is 5.91 Å². The summed E-state index contributed by atoms with van der Waals surface area (Å²) in [6, 6.07) is 4.52. The number of aromatic nitrogens is 3. The lowest BCUT2D eigenvalue weighted by Crippen LogP contribution is -2.50. The molecular weight excluding hydrogens is 340 g/mol. The van der Waals surface area contributed by atoms with Crippen LogP contribution in [0.25, 0.3) is 0 Å². The van der Waals surface area contributed by atoms with Crippen molar-refractivity contribution in [2.45, 2.75) is 51.1 Å². The van der Waals surface area contributed by atoms with Gasteiger partial charge >= 0.3 is 0 Å². The molecule has 2 aliphatic rings. The highest BCUT2D eigenvalue weighted by Crippen LogP contribution is 2.32. The van der Waals surface area contributed by atoms with Crippen LogP contribution in [0.1, 0.15) is 53.0 Å². The Hall–Kier alpha value is -2.25. The van der Waals surface area contributed by atoms with Crippen LogP contribution in [-0.4, -0.2) is 50.7 Å². The van der Waals surface area contributed by atoms with Crippen molar-refractivity contribution in [2.75, 3.05) is 13.1 Å². The molecule has 2 N–H and O–H groups in total. The van der Waals surface area contributed by atoms with E-state index in [4.69, 9.17) is 0 Å². The fourth-order valence-corrected chi connectivity index (χ4v) is 4.69. The van der Waals surface area contributed by atoms with Crippen LogP contribution in [0.3, 0.4) is 0 Å². The zero-order chi connectivity index (χ0) is 19.0. The fraction of sp³-hybridized carbons (Fsp3) is 0.550. The van der Waals surface area contributed by atoms with Gasteiger partial charge in [0.05, 0.1) is 5.69 Å². The first-order chi connectivity index (χ1) is 13.1. The average Bonchev–Trinajstić information content (AvgIpc) is 3.40. The second-order valence-corrected chi connectivity index (χ2v) is 7.54. The van der Waals surface area contributed by atoms with Gasteiger partial charge in [-0.25, -0.2) is 0 Å². The Morgan fingerprint density at radius 3 is 2.81 bits per heavy atom. The molecule has 0 radical (unpaired) electrons. The highest BCUT2D eigenvalue weighted by Gasteiger charge is 2.42. The fourth-order valence-electron chi connectivity index (χ4n) is 4.69. The number of rotatable bonds is 4. The molecule has 0 saturated carbocycles. The Bertz CT molecular complexity index is 817. The summed E-state index contributed by atoms with van der Waals surface area (Å²) in [5, 5.41) is 4.54. The number of nitrogens with zero attached hydrogens (tertiary/aromatic N) is 4. The zero-order valence-electron chi connectivity index (χ0n) is 16.3. The van der Waals surface area contributed by atoms with E-state index in [1.165, 1.54) is 5.56 Å². The van der Waals surface area contributed by atoms with Gasteiger partial charge in [-0.2, -0.15) is 5.10 Å². The quantitative estimate of drug-likeness (QED) is 0.856. The van der Waals surface area contributed by atoms with Crippen LogP contribution in [-0.2, 0) is 13.5 Å². The molecule has 4 heterocycles. The molecule has 3 unspecified atom stereocenters. The van der Waals surface area contributed by atoms with Gasteiger partial charge in [-0.15, -0.1) is 0 Å². The van der Waals surface area contributed by atoms with E-state index in [2.05, 4.69) is 44.9 Å². The zero-order valence-corrected chi connectivity index (χ0v) is 16.3. The van der Waals surface area contributed by atoms with E-state index in [0.717, 1.165) is 49.3 Å². The van der Waals surface area contributed by atoms with Crippen molar-refractivity contribution >= 4 is 5.91 Å². The smallest absolute Gasteiger partial charge is 0.272 e. The predicted octanol–water partition coefficient (Wildman–Crippen LogP) is 1.55. The van der Waals surface area contributed by atoms with Gasteiger partial charge in [0.2, 0.25) is 0 Å². The Morgan fingerprint density at radius 1 is 1.33 bits per heavy atom. The van der Waals surface area contributed by atoms with Crippen LogP contribution < -0.4 is 10.9 Å². The number of hydrogen-bond donors (Lipinski definition) is 2. The topological polar surface area (TPSA) is 75.1 Å². The van der Waals surface area contributed by atoms with Crippen molar-refractivity contribution in [3.63, 3.8) is 0 Å². The molecule has 4 rings (SSSR count). The third-order valence-corrected chi connectivity index (χ3v) is 6.05. The van der Waals surface area contributed by atoms with E-state index in [1.807, 2.05) is 26.4 Å². The average molecular weight is 368 g/mol. The van der Waals surface area contributed by atoms with Crippen LogP contribution in [0.15, 0.2) is 24.5 Å². The Labute approximate surface area is 160 Å². The number of hydrogen-bond acceptors (Lipinski definition) is 5. The van der Waals surface area contributed by atoms with E-state index in [0.29, 0.717) is 5.92 Å². The minimum absolute atomic E-state index is 0.104. The van der Waals surface area contributed by atoms with Crippen molar-refractivity contribution < 1.29 is 4.79 Å². The maximum Gasteiger partial charge on any atom is 0.272 e. The number of nitrogens with one attached hydrogen (secondary N) is 2. The van der Waals surface area contributed by atoms with Crippen LogP contribution in [0, 0.1) is 6.92 Å². The molecule has 27 heavy (non-hydrogen) atoms. The van der Waals surface area contributed by atoms with Gasteiger partial charge in [0.1, 0.15) is 5.69 Å². The summed E-state index contributed by atoms with van der Waals surface area (Å²) in [5.41, 5.74) is 10.8. The first-order valence-electron chi connectivity index (χ1n) is 9.83. The first-order valence-corrected chi connectivity index (χ1v) is 9.83. The van der Waals surface area contributed by atoms with E-state index >= 15 is 0 Å². The van der Waals surface area contributed by atoms with Crippen LogP contribution >= 0.6 is 0 Å². The predicted molar refractivity (Wildman–Crippen MR) is 103 cm³/mol. The summed E-state index contributed by atoms with van der Waals surface area (Å²) in [7, 11) is 1.87. The molecule has 7 heteroatoms. The Balaban J connectivity index is 1.61. The summed E-state index contributed by atoms with van der Waals surface area (Å²) >= 11 is 0. The summed E-state index contributed by atoms with van der Waals surface area (Å²) in [6.45, 7) is 5.75. The number of likely N-dealkylation sites (tertiary alicyclic amines) is 1. The van der Waals surface area contributed by atoms with Gasteiger partial charge in [-0.1, -0.05) is 6.92 Å². The minimum atomic E-state index is 0.104. The number of pyridine rings is 1. The largest absolute Gasteiger partial charge is 0.333 e. The standard InChI is InChI=1S/C20H28N6O/c1-4-16-13(2)19(25(3)24-16)20(27)26-11-5-6-17(26)18-15(12-22-23-18)14-7-9-21-10-8-14/h7-10,15,17-18,22-23H,4-6,11-12H2,1-3H3. The molecule has 2 aliphatic heterocycles. The van der Waals surface area contributed by atoms with Crippen LogP contribution in [0.5, 0.6) is 0 Å². The summed E-state index contributed by atoms with van der Waals surface area (Å²) in [4.78, 5) is 19.6. The molecule has 0 bridgehead atoms. The molecule has 2 fully saturated rings. The van der Waals surface area contributed by atoms with Gasteiger partial charge in [-0.3, -0.25) is 25.3 Å². The molecule has 0 aromatic carbocycles. The van der Waals surface area contributed by atoms with Crippen molar-refractivity contribution in [3.8, 4) is 0 Å². The lowest BCUT2D eigenvalue weighted by Gasteiger charge is -2.32. The van der Waals surface area contributed by atoms with Crippen molar-refractivity contribution in [3.05, 3.63) is 47.0 Å². The van der Waals surface area contributed by atoms with Gasteiger partial charge in [0, 0.05) is 56.1 Å². The molecule has 2 saturated heterocycles. The molecule has 7 nitrogen and oxygen atoms in total. The van der Waals surface area contributed by atoms with Gasteiger partial charge < -0.3 is 4.90 Å². The number of carbonyl (C=O) groups excluding carboxylic acids is 1. The maximum absolute atomic E-state index is 13.4. The van der Waals surface area contributed by atoms with Crippen molar-refractivity contribution in [2.24, 2.45) is 7.05 Å². The molecule has 144 valence electrons. The molecule has 3 atom stereocenters. The van der Waals surface area contributed by atoms with E-state index < -0.39 is 0 Å². The van der Waals surface area contributed by atoms with Crippen LogP contribution in [0.4, 0.5) is 0 Å². The molecule has 1 amide bonds. The highest BCUT2D eigenvalue weighted by atomic mass is 16.2. The first kappa shape index (κ1) is 18.1. The number of aryl methyl sites for hydroxylation is 2. The number of hydrazine groups is 1. The summed E-state index contributed by atoms with van der Waals surface area (Å²) in [5.74, 6) is 0.428. The second-order valence-electron chi connectivity index (χ2n) is 7.54. The highest BCUT2D eigenvalue weighted by molar-refractivity contribution is 5.94. The van der Waals surface area contributed by atoms with Crippen molar-refractivity contribution in [1.29, 1.82) is 0 Å². The molecule has 2 aromatic heterocycles. The van der Waals surface area contributed by atoms with Gasteiger partial charge in [0.15, 0.2) is 0 Å². The van der Waals surface area contributed by atoms with Crippen LogP contribution in [0.2, 0.25) is 0 Å². The minimum Gasteiger partial charge on any atom is -0.333 e. The van der Waals surface area contributed by atoms with Gasteiger partial charge in [-0.05, 0) is 43.9 Å². The van der Waals surface area contributed by atoms with E-state index in [-0.39, 0.29) is 18.0 Å². The summed E-state index contributed by atoms with van der Waals surface area (Å²) < 4.78 is 1.76. The monoisotopic (exact) mass is 368 g/mol. The second kappa shape index (κ2) is 7.40. The summed E-state index contributed by atoms with van der Waals surface area (Å²) in [6.07, 6.45) is 6.58. The lowest BCUT2D eigenvalue weighted by molar-refractivity contribution is 0.0693. The lowest BCUT2D eigenvalue weighted by atomic mass is 9.88. The molecule has 0 spiro atoms. The third-order valence-electron chi connectivity index (χ3n) is 6.05. The SMILES string of the molecule is CCc1nn(C)c(C(=O)N2CCCC2C2NNCC2c2ccncc2)c1C. The number of amides is 1. The molecular formula is C20H28N6O. The normalized spacial score (nSPS) is 25.3. The van der Waals surface area contributed by atoms with E-state index in [9.17, 15) is 4.79 Å².